The highest BCUT2D eigenvalue weighted by Gasteiger charge is 2.22. The van der Waals surface area contributed by atoms with Gasteiger partial charge in [-0.25, -0.2) is 4.39 Å². The van der Waals surface area contributed by atoms with Crippen molar-refractivity contribution in [1.29, 1.82) is 0 Å². The summed E-state index contributed by atoms with van der Waals surface area (Å²) >= 11 is 6.13. The van der Waals surface area contributed by atoms with E-state index in [2.05, 4.69) is 5.32 Å². The highest BCUT2D eigenvalue weighted by Crippen LogP contribution is 2.31. The molecule has 2 rings (SSSR count). The van der Waals surface area contributed by atoms with E-state index >= 15 is 0 Å². The molecule has 0 amide bonds. The van der Waals surface area contributed by atoms with Crippen molar-refractivity contribution in [3.63, 3.8) is 0 Å². The number of benzene rings is 2. The van der Waals surface area contributed by atoms with Crippen LogP contribution in [0.15, 0.2) is 36.4 Å². The molecular formula is C17H17ClFN3O3. The molecule has 0 aliphatic rings. The first-order valence-corrected chi connectivity index (χ1v) is 7.80. The van der Waals surface area contributed by atoms with Gasteiger partial charge in [0.15, 0.2) is 0 Å². The maximum atomic E-state index is 14.2. The minimum atomic E-state index is -0.573. The average molecular weight is 366 g/mol. The van der Waals surface area contributed by atoms with Gasteiger partial charge in [0.05, 0.1) is 11.0 Å². The Bertz CT molecular complexity index is 778. The van der Waals surface area contributed by atoms with E-state index in [1.54, 1.807) is 25.1 Å². The predicted molar refractivity (Wildman–Crippen MR) is 94.8 cm³/mol. The number of nitrogens with zero attached hydrogens (tertiary/aromatic N) is 2. The van der Waals surface area contributed by atoms with Crippen molar-refractivity contribution in [1.82, 2.24) is 4.90 Å². The second-order valence-corrected chi connectivity index (χ2v) is 6.05. The van der Waals surface area contributed by atoms with Crippen molar-refractivity contribution in [2.45, 2.75) is 6.04 Å². The molecule has 0 aromatic heterocycles. The molecule has 0 unspecified atom stereocenters. The number of hydrogen-bond donors (Lipinski definition) is 1. The summed E-state index contributed by atoms with van der Waals surface area (Å²) in [6.07, 6.45) is 0.540. The Morgan fingerprint density at radius 1 is 1.36 bits per heavy atom. The molecule has 2 aromatic rings. The minimum absolute atomic E-state index is 0.189. The quantitative estimate of drug-likeness (QED) is 0.457. The molecule has 0 saturated carbocycles. The van der Waals surface area contributed by atoms with Gasteiger partial charge in [-0.2, -0.15) is 0 Å². The fourth-order valence-electron chi connectivity index (χ4n) is 2.50. The van der Waals surface area contributed by atoms with Crippen molar-refractivity contribution in [3.8, 4) is 0 Å². The number of aldehydes is 1. The normalized spacial score (nSPS) is 12.0. The predicted octanol–water partition coefficient (Wildman–Crippen LogP) is 3.91. The SMILES string of the molecule is CN(C)[C@H](CNc1ccc(C=O)cc1[N+](=O)[O-])c1c(F)cccc1Cl. The zero-order valence-corrected chi connectivity index (χ0v) is 14.5. The fraction of sp³-hybridized carbons (Fsp3) is 0.235. The standard InChI is InChI=1S/C17H17ClFN3O3/c1-21(2)16(17-12(18)4-3-5-13(17)19)9-20-14-7-6-11(10-23)8-15(14)22(24)25/h3-8,10,16,20H,9H2,1-2H3/t16-/m1/s1. The summed E-state index contributed by atoms with van der Waals surface area (Å²) in [5.41, 5.74) is 0.545. The number of rotatable bonds is 7. The molecule has 132 valence electrons. The largest absolute Gasteiger partial charge is 0.378 e. The second kappa shape index (κ2) is 8.04. The molecule has 0 heterocycles. The summed E-state index contributed by atoms with van der Waals surface area (Å²) in [7, 11) is 3.53. The minimum Gasteiger partial charge on any atom is -0.378 e. The fourth-order valence-corrected chi connectivity index (χ4v) is 2.79. The molecule has 0 spiro atoms. The third-order valence-corrected chi connectivity index (χ3v) is 4.13. The Kier molecular flexibility index (Phi) is 6.06. The second-order valence-electron chi connectivity index (χ2n) is 5.65. The number of nitro benzene ring substituents is 1. The number of halogens is 2. The van der Waals surface area contributed by atoms with E-state index in [1.807, 2.05) is 0 Å². The van der Waals surface area contributed by atoms with Gasteiger partial charge >= 0.3 is 0 Å². The number of hydrogen-bond acceptors (Lipinski definition) is 5. The van der Waals surface area contributed by atoms with E-state index in [-0.39, 0.29) is 28.5 Å². The molecule has 2 aromatic carbocycles. The maximum Gasteiger partial charge on any atom is 0.293 e. The van der Waals surface area contributed by atoms with Crippen molar-refractivity contribution in [2.75, 3.05) is 26.0 Å². The average Bonchev–Trinajstić information content (AvgIpc) is 2.56. The molecule has 0 bridgehead atoms. The lowest BCUT2D eigenvalue weighted by molar-refractivity contribution is -0.384. The van der Waals surface area contributed by atoms with Crippen LogP contribution in [0.4, 0.5) is 15.8 Å². The lowest BCUT2D eigenvalue weighted by Gasteiger charge is -2.26. The zero-order chi connectivity index (χ0) is 18.6. The van der Waals surface area contributed by atoms with E-state index in [0.29, 0.717) is 11.8 Å². The Balaban J connectivity index is 2.31. The summed E-state index contributed by atoms with van der Waals surface area (Å²) < 4.78 is 14.2. The van der Waals surface area contributed by atoms with Crippen molar-refractivity contribution in [2.24, 2.45) is 0 Å². The molecule has 6 nitrogen and oxygen atoms in total. The van der Waals surface area contributed by atoms with E-state index in [4.69, 9.17) is 11.6 Å². The first-order chi connectivity index (χ1) is 11.8. The molecule has 0 radical (unpaired) electrons. The van der Waals surface area contributed by atoms with Crippen LogP contribution >= 0.6 is 11.6 Å². The van der Waals surface area contributed by atoms with E-state index < -0.39 is 16.8 Å². The highest BCUT2D eigenvalue weighted by atomic mass is 35.5. The summed E-state index contributed by atoms with van der Waals surface area (Å²) in [6, 6.07) is 8.11. The monoisotopic (exact) mass is 365 g/mol. The van der Waals surface area contributed by atoms with Gasteiger partial charge in [0.1, 0.15) is 17.8 Å². The third kappa shape index (κ3) is 4.32. The lowest BCUT2D eigenvalue weighted by atomic mass is 10.0. The van der Waals surface area contributed by atoms with Crippen molar-refractivity contribution >= 4 is 29.3 Å². The van der Waals surface area contributed by atoms with Crippen LogP contribution in [-0.4, -0.2) is 36.7 Å². The molecular weight excluding hydrogens is 349 g/mol. The third-order valence-electron chi connectivity index (χ3n) is 3.80. The number of anilines is 1. The Hall–Kier alpha value is -2.51. The van der Waals surface area contributed by atoms with Gasteiger partial charge < -0.3 is 10.2 Å². The number of nitrogens with one attached hydrogen (secondary N) is 1. The summed E-state index contributed by atoms with van der Waals surface area (Å²) in [6.45, 7) is 0.189. The van der Waals surface area contributed by atoms with Gasteiger partial charge in [-0.15, -0.1) is 0 Å². The van der Waals surface area contributed by atoms with E-state index in [0.717, 1.165) is 0 Å². The van der Waals surface area contributed by atoms with Gasteiger partial charge in [0, 0.05) is 28.8 Å². The number of likely N-dealkylation sites (N-methyl/N-ethyl adjacent to an activating group) is 1. The summed E-state index contributed by atoms with van der Waals surface area (Å²) in [5, 5.41) is 14.4. The maximum absolute atomic E-state index is 14.2. The molecule has 8 heteroatoms. The van der Waals surface area contributed by atoms with Crippen LogP contribution in [-0.2, 0) is 0 Å². The highest BCUT2D eigenvalue weighted by molar-refractivity contribution is 6.31. The smallest absolute Gasteiger partial charge is 0.293 e. The van der Waals surface area contributed by atoms with Crippen LogP contribution in [0.5, 0.6) is 0 Å². The molecule has 0 fully saturated rings. The van der Waals surface area contributed by atoms with Crippen LogP contribution in [0.2, 0.25) is 5.02 Å². The topological polar surface area (TPSA) is 75.5 Å². The van der Waals surface area contributed by atoms with Gasteiger partial charge in [-0.1, -0.05) is 17.7 Å². The van der Waals surface area contributed by atoms with Crippen LogP contribution < -0.4 is 5.32 Å². The zero-order valence-electron chi connectivity index (χ0n) is 13.7. The Labute approximate surface area is 149 Å². The molecule has 0 aliphatic heterocycles. The van der Waals surface area contributed by atoms with Gasteiger partial charge in [0.25, 0.3) is 5.69 Å². The van der Waals surface area contributed by atoms with Crippen LogP contribution in [0.25, 0.3) is 0 Å². The summed E-state index contributed by atoms with van der Waals surface area (Å²) in [4.78, 5) is 23.2. The van der Waals surface area contributed by atoms with Gasteiger partial charge in [-0.3, -0.25) is 14.9 Å². The van der Waals surface area contributed by atoms with E-state index in [1.165, 1.54) is 30.3 Å². The molecule has 1 N–H and O–H groups in total. The first kappa shape index (κ1) is 18.8. The number of carbonyl (C=O) groups is 1. The van der Waals surface area contributed by atoms with Crippen LogP contribution in [0.1, 0.15) is 22.0 Å². The van der Waals surface area contributed by atoms with Gasteiger partial charge in [0.2, 0.25) is 0 Å². The first-order valence-electron chi connectivity index (χ1n) is 7.43. The molecule has 0 aliphatic carbocycles. The molecule has 1 atom stereocenters. The number of carbonyl (C=O) groups excluding carboxylic acids is 1. The van der Waals surface area contributed by atoms with E-state index in [9.17, 15) is 19.3 Å². The Morgan fingerprint density at radius 2 is 2.08 bits per heavy atom. The lowest BCUT2D eigenvalue weighted by Crippen LogP contribution is -2.28. The van der Waals surface area contributed by atoms with Crippen LogP contribution in [0, 0.1) is 15.9 Å². The molecule has 25 heavy (non-hydrogen) atoms. The number of nitro groups is 1. The Morgan fingerprint density at radius 3 is 2.64 bits per heavy atom. The van der Waals surface area contributed by atoms with Crippen molar-refractivity contribution < 1.29 is 14.1 Å². The van der Waals surface area contributed by atoms with Crippen LogP contribution in [0.3, 0.4) is 0 Å². The van der Waals surface area contributed by atoms with Crippen molar-refractivity contribution in [3.05, 3.63) is 68.5 Å². The van der Waals surface area contributed by atoms with Gasteiger partial charge in [-0.05, 0) is 38.4 Å². The molecule has 0 saturated heterocycles. The summed E-state index contributed by atoms with van der Waals surface area (Å²) in [5.74, 6) is -0.446.